The normalized spacial score (nSPS) is 21.4. The average molecular weight is 488 g/mol. The minimum atomic E-state index is -0.477. The first-order valence-corrected chi connectivity index (χ1v) is 12.4. The fourth-order valence-corrected chi connectivity index (χ4v) is 4.98. The number of pyridine rings is 1. The van der Waals surface area contributed by atoms with Crippen LogP contribution in [0.4, 0.5) is 0 Å². The third-order valence-electron chi connectivity index (χ3n) is 5.84. The number of hydrogen-bond acceptors (Lipinski definition) is 7. The van der Waals surface area contributed by atoms with Crippen LogP contribution in [-0.4, -0.2) is 41.3 Å². The van der Waals surface area contributed by atoms with Crippen molar-refractivity contribution in [3.05, 3.63) is 76.3 Å². The zero-order valence-electron chi connectivity index (χ0n) is 19.5. The minimum absolute atomic E-state index is 0.172. The van der Waals surface area contributed by atoms with Crippen molar-refractivity contribution >= 4 is 45.8 Å². The van der Waals surface area contributed by atoms with E-state index in [1.807, 2.05) is 49.4 Å². The van der Waals surface area contributed by atoms with E-state index in [2.05, 4.69) is 22.4 Å². The molecule has 1 N–H and O–H groups in total. The zero-order valence-corrected chi connectivity index (χ0v) is 20.3. The Hall–Kier alpha value is -3.65. The van der Waals surface area contributed by atoms with Crippen LogP contribution >= 0.6 is 11.8 Å². The van der Waals surface area contributed by atoms with E-state index in [1.165, 1.54) is 23.5 Å². The Bertz CT molecular complexity index is 1350. The average Bonchev–Trinajstić information content (AvgIpc) is 3.55. The maximum absolute atomic E-state index is 12.6. The molecular weight excluding hydrogens is 462 g/mol. The Morgan fingerprint density at radius 2 is 2.03 bits per heavy atom. The fraction of sp³-hybridized carbons (Fsp3) is 0.259. The summed E-state index contributed by atoms with van der Waals surface area (Å²) in [7, 11) is 0. The van der Waals surface area contributed by atoms with Gasteiger partial charge in [-0.1, -0.05) is 36.4 Å². The van der Waals surface area contributed by atoms with Crippen molar-refractivity contribution in [1.82, 2.24) is 10.3 Å². The second-order valence-electron chi connectivity index (χ2n) is 8.25. The van der Waals surface area contributed by atoms with Gasteiger partial charge in [0.15, 0.2) is 5.17 Å². The largest absolute Gasteiger partial charge is 0.492 e. The number of aromatic nitrogens is 1. The van der Waals surface area contributed by atoms with Gasteiger partial charge in [-0.2, -0.15) is 0 Å². The number of rotatable bonds is 7. The van der Waals surface area contributed by atoms with Gasteiger partial charge >= 0.3 is 5.97 Å². The lowest BCUT2D eigenvalue weighted by molar-refractivity contribution is -0.115. The van der Waals surface area contributed by atoms with E-state index in [0.29, 0.717) is 39.3 Å². The standard InChI is InChI=1S/C27H25N3O4S/c1-3-33-24-19-12-16(10-11-21(19)28-15-20(24)26(32)34-4-2)13-23-25(31)30-27(35-23)29-22-14-18(22)17-8-6-5-7-9-17/h5-13,15,18,22H,3-4,14H2,1-2H3,(H,29,30,31)/t18-,22+/m0/s1. The number of aliphatic imine (C=N–C) groups is 1. The number of benzene rings is 2. The van der Waals surface area contributed by atoms with Crippen LogP contribution in [0.3, 0.4) is 0 Å². The van der Waals surface area contributed by atoms with Crippen molar-refractivity contribution in [2.75, 3.05) is 13.2 Å². The van der Waals surface area contributed by atoms with Crippen LogP contribution in [0.25, 0.3) is 17.0 Å². The number of nitrogens with zero attached hydrogens (tertiary/aromatic N) is 2. The first kappa shape index (κ1) is 23.1. The van der Waals surface area contributed by atoms with Crippen LogP contribution in [0.2, 0.25) is 0 Å². The summed E-state index contributed by atoms with van der Waals surface area (Å²) in [4.78, 5) is 34.7. The lowest BCUT2D eigenvalue weighted by Gasteiger charge is -2.12. The van der Waals surface area contributed by atoms with Gasteiger partial charge in [0.25, 0.3) is 5.91 Å². The van der Waals surface area contributed by atoms with Crippen molar-refractivity contribution in [1.29, 1.82) is 0 Å². The molecule has 7 nitrogen and oxygen atoms in total. The van der Waals surface area contributed by atoms with Gasteiger partial charge in [0.1, 0.15) is 11.3 Å². The van der Waals surface area contributed by atoms with Crippen molar-refractivity contribution in [2.45, 2.75) is 32.2 Å². The first-order valence-electron chi connectivity index (χ1n) is 11.6. The summed E-state index contributed by atoms with van der Waals surface area (Å²) in [6.07, 6.45) is 4.28. The highest BCUT2D eigenvalue weighted by Crippen LogP contribution is 2.44. The summed E-state index contributed by atoms with van der Waals surface area (Å²) in [5, 5.41) is 4.20. The molecule has 3 aromatic rings. The smallest absolute Gasteiger partial charge is 0.343 e. The van der Waals surface area contributed by atoms with Gasteiger partial charge in [0.2, 0.25) is 0 Å². The van der Waals surface area contributed by atoms with Gasteiger partial charge in [0, 0.05) is 17.5 Å². The van der Waals surface area contributed by atoms with Crippen molar-refractivity contribution < 1.29 is 19.1 Å². The second kappa shape index (κ2) is 9.92. The summed E-state index contributed by atoms with van der Waals surface area (Å²) < 4.78 is 11.0. The molecule has 178 valence electrons. The number of carbonyl (C=O) groups is 2. The van der Waals surface area contributed by atoms with E-state index < -0.39 is 5.97 Å². The Morgan fingerprint density at radius 1 is 1.20 bits per heavy atom. The molecule has 1 aliphatic carbocycles. The number of ether oxygens (including phenoxy) is 2. The number of hydrogen-bond donors (Lipinski definition) is 1. The Kier molecular flexibility index (Phi) is 6.55. The molecule has 2 fully saturated rings. The highest BCUT2D eigenvalue weighted by atomic mass is 32.2. The van der Waals surface area contributed by atoms with E-state index in [-0.39, 0.29) is 24.1 Å². The van der Waals surface area contributed by atoms with E-state index in [0.717, 1.165) is 12.0 Å². The molecule has 1 saturated heterocycles. The number of amidine groups is 1. The molecule has 2 atom stereocenters. The molecule has 2 aliphatic rings. The van der Waals surface area contributed by atoms with Crippen molar-refractivity contribution in [3.63, 3.8) is 0 Å². The number of thioether (sulfide) groups is 1. The fourth-order valence-electron chi connectivity index (χ4n) is 4.10. The quantitative estimate of drug-likeness (QED) is 0.376. The summed E-state index contributed by atoms with van der Waals surface area (Å²) in [6, 6.07) is 16.1. The van der Waals surface area contributed by atoms with Gasteiger partial charge in [-0.25, -0.2) is 4.79 Å². The van der Waals surface area contributed by atoms with Gasteiger partial charge in [0.05, 0.1) is 29.7 Å². The maximum Gasteiger partial charge on any atom is 0.343 e. The van der Waals surface area contributed by atoms with Crippen LogP contribution in [0.5, 0.6) is 5.75 Å². The van der Waals surface area contributed by atoms with E-state index in [4.69, 9.17) is 14.5 Å². The van der Waals surface area contributed by atoms with Crippen LogP contribution in [0, 0.1) is 0 Å². The molecule has 2 heterocycles. The van der Waals surface area contributed by atoms with Gasteiger partial charge in [-0.05, 0) is 61.4 Å². The predicted molar refractivity (Wildman–Crippen MR) is 138 cm³/mol. The lowest BCUT2D eigenvalue weighted by atomic mass is 10.1. The van der Waals surface area contributed by atoms with E-state index in [9.17, 15) is 9.59 Å². The predicted octanol–water partition coefficient (Wildman–Crippen LogP) is 4.93. The Labute approximate surface area is 207 Å². The molecule has 1 aliphatic heterocycles. The number of nitrogens with one attached hydrogen (secondary N) is 1. The number of amides is 1. The molecule has 0 unspecified atom stereocenters. The molecular formula is C27H25N3O4S. The van der Waals surface area contributed by atoms with Crippen LogP contribution in [-0.2, 0) is 9.53 Å². The molecule has 1 aromatic heterocycles. The molecule has 0 radical (unpaired) electrons. The van der Waals surface area contributed by atoms with Gasteiger partial charge in [-0.15, -0.1) is 0 Å². The first-order chi connectivity index (χ1) is 17.1. The lowest BCUT2D eigenvalue weighted by Crippen LogP contribution is -2.20. The maximum atomic E-state index is 12.6. The van der Waals surface area contributed by atoms with Crippen LogP contribution in [0.15, 0.2) is 64.6 Å². The van der Waals surface area contributed by atoms with Gasteiger partial charge in [-0.3, -0.25) is 14.8 Å². The molecule has 2 aromatic carbocycles. The summed E-state index contributed by atoms with van der Waals surface area (Å²) in [5.74, 6) is 0.194. The number of esters is 1. The molecule has 0 bridgehead atoms. The summed E-state index contributed by atoms with van der Waals surface area (Å²) in [6.45, 7) is 4.26. The van der Waals surface area contributed by atoms with E-state index in [1.54, 1.807) is 6.92 Å². The highest BCUT2D eigenvalue weighted by Gasteiger charge is 2.39. The number of carbonyl (C=O) groups excluding carboxylic acids is 2. The zero-order chi connectivity index (χ0) is 24.4. The molecule has 1 saturated carbocycles. The van der Waals surface area contributed by atoms with Gasteiger partial charge < -0.3 is 14.8 Å². The third kappa shape index (κ3) is 4.93. The summed E-state index contributed by atoms with van der Waals surface area (Å²) in [5.41, 5.74) is 3.05. The second-order valence-corrected chi connectivity index (χ2v) is 9.28. The topological polar surface area (TPSA) is 89.9 Å². The van der Waals surface area contributed by atoms with Crippen molar-refractivity contribution in [3.8, 4) is 5.75 Å². The molecule has 5 rings (SSSR count). The van der Waals surface area contributed by atoms with Crippen LogP contribution < -0.4 is 10.1 Å². The van der Waals surface area contributed by atoms with Crippen LogP contribution in [0.1, 0.15) is 47.7 Å². The number of fused-ring (bicyclic) bond motifs is 1. The molecule has 35 heavy (non-hydrogen) atoms. The minimum Gasteiger partial charge on any atom is -0.492 e. The van der Waals surface area contributed by atoms with Crippen molar-refractivity contribution in [2.24, 2.45) is 4.99 Å². The highest BCUT2D eigenvalue weighted by molar-refractivity contribution is 8.18. The monoisotopic (exact) mass is 487 g/mol. The van der Waals surface area contributed by atoms with E-state index >= 15 is 0 Å². The summed E-state index contributed by atoms with van der Waals surface area (Å²) >= 11 is 1.34. The Morgan fingerprint density at radius 3 is 2.80 bits per heavy atom. The third-order valence-corrected chi connectivity index (χ3v) is 6.77. The molecule has 0 spiro atoms. The SMILES string of the molecule is CCOC(=O)c1cnc2ccc(C=C3SC(=N[C@@H]4C[C@H]4c4ccccc4)NC3=O)cc2c1OCC. The molecule has 1 amide bonds. The molecule has 8 heteroatoms. The Balaban J connectivity index is 1.40.